The Morgan fingerprint density at radius 1 is 1.35 bits per heavy atom. The third-order valence-electron chi connectivity index (χ3n) is 3.88. The maximum Gasteiger partial charge on any atom is 0.283 e. The van der Waals surface area contributed by atoms with Gasteiger partial charge in [0.25, 0.3) is 5.91 Å². The van der Waals surface area contributed by atoms with E-state index in [0.717, 1.165) is 5.69 Å². The highest BCUT2D eigenvalue weighted by Crippen LogP contribution is 2.29. The molecule has 4 rings (SSSR count). The topological polar surface area (TPSA) is 83.0 Å². The minimum Gasteiger partial charge on any atom is -0.495 e. The highest BCUT2D eigenvalue weighted by Gasteiger charge is 2.32. The molecule has 1 aromatic heterocycles. The summed E-state index contributed by atoms with van der Waals surface area (Å²) in [7, 11) is 1.56. The van der Waals surface area contributed by atoms with Crippen molar-refractivity contribution in [3.63, 3.8) is 0 Å². The van der Waals surface area contributed by atoms with Crippen LogP contribution in [0.25, 0.3) is 11.8 Å². The van der Waals surface area contributed by atoms with Gasteiger partial charge in [-0.3, -0.25) is 10.2 Å². The van der Waals surface area contributed by atoms with Crippen LogP contribution >= 0.6 is 23.4 Å². The first-order chi connectivity index (χ1) is 12.6. The first-order valence-electron chi connectivity index (χ1n) is 7.52. The van der Waals surface area contributed by atoms with Gasteiger partial charge in [0.1, 0.15) is 5.75 Å². The van der Waals surface area contributed by atoms with Gasteiger partial charge >= 0.3 is 0 Å². The van der Waals surface area contributed by atoms with Gasteiger partial charge in [-0.2, -0.15) is 15.1 Å². The molecular formula is C17H12ClN5O2S. The van der Waals surface area contributed by atoms with E-state index in [1.54, 1.807) is 30.9 Å². The van der Waals surface area contributed by atoms with Gasteiger partial charge in [0, 0.05) is 17.6 Å². The predicted molar refractivity (Wildman–Crippen MR) is 103 cm³/mol. The Labute approximate surface area is 158 Å². The summed E-state index contributed by atoms with van der Waals surface area (Å²) in [4.78, 5) is 16.3. The smallest absolute Gasteiger partial charge is 0.283 e. The van der Waals surface area contributed by atoms with Gasteiger partial charge < -0.3 is 9.30 Å². The summed E-state index contributed by atoms with van der Waals surface area (Å²) in [6.45, 7) is 0. The van der Waals surface area contributed by atoms with Crippen molar-refractivity contribution in [2.45, 2.75) is 0 Å². The Kier molecular flexibility index (Phi) is 4.14. The van der Waals surface area contributed by atoms with Crippen LogP contribution < -0.4 is 4.74 Å². The van der Waals surface area contributed by atoms with Crippen molar-refractivity contribution in [1.82, 2.24) is 9.58 Å². The second-order valence-electron chi connectivity index (χ2n) is 5.38. The number of nitrogens with zero attached hydrogens (tertiary/aromatic N) is 4. The number of nitrogens with one attached hydrogen (secondary N) is 1. The van der Waals surface area contributed by atoms with E-state index in [9.17, 15) is 4.79 Å². The number of halogens is 1. The van der Waals surface area contributed by atoms with Crippen molar-refractivity contribution in [2.75, 3.05) is 7.11 Å². The molecule has 0 atom stereocenters. The van der Waals surface area contributed by atoms with Crippen molar-refractivity contribution in [1.29, 1.82) is 5.41 Å². The van der Waals surface area contributed by atoms with Gasteiger partial charge in [-0.05, 0) is 48.2 Å². The maximum absolute atomic E-state index is 12.3. The van der Waals surface area contributed by atoms with E-state index in [2.05, 4.69) is 10.1 Å². The predicted octanol–water partition coefficient (Wildman–Crippen LogP) is 3.39. The Morgan fingerprint density at radius 2 is 2.19 bits per heavy atom. The van der Waals surface area contributed by atoms with Gasteiger partial charge in [-0.15, -0.1) is 0 Å². The van der Waals surface area contributed by atoms with E-state index in [0.29, 0.717) is 21.6 Å². The zero-order chi connectivity index (χ0) is 18.3. The van der Waals surface area contributed by atoms with Crippen LogP contribution in [0.4, 0.5) is 0 Å². The van der Waals surface area contributed by atoms with Gasteiger partial charge in [-0.1, -0.05) is 11.6 Å². The molecule has 130 valence electrons. The normalized spacial score (nSPS) is 17.7. The number of amides is 1. The van der Waals surface area contributed by atoms with Crippen molar-refractivity contribution < 1.29 is 9.53 Å². The SMILES string of the molecule is COc1ccc(-n2cccc2/C=C2\C(=N)N3N=CSC3=NC2=O)cc1Cl. The minimum atomic E-state index is -0.459. The largest absolute Gasteiger partial charge is 0.495 e. The van der Waals surface area contributed by atoms with Crippen LogP contribution in [0.1, 0.15) is 5.69 Å². The Bertz CT molecular complexity index is 1020. The number of carbonyl (C=O) groups excluding carboxylic acids is 1. The van der Waals surface area contributed by atoms with E-state index < -0.39 is 5.91 Å². The lowest BCUT2D eigenvalue weighted by molar-refractivity contribution is -0.114. The van der Waals surface area contributed by atoms with E-state index in [1.165, 1.54) is 16.8 Å². The summed E-state index contributed by atoms with van der Waals surface area (Å²) in [5.74, 6) is 0.125. The van der Waals surface area contributed by atoms with E-state index in [-0.39, 0.29) is 11.4 Å². The molecule has 0 aliphatic carbocycles. The summed E-state index contributed by atoms with van der Waals surface area (Å²) in [5, 5.41) is 14.5. The molecule has 0 spiro atoms. The maximum atomic E-state index is 12.3. The summed E-state index contributed by atoms with van der Waals surface area (Å²) >= 11 is 7.43. The molecule has 0 fully saturated rings. The van der Waals surface area contributed by atoms with Gasteiger partial charge in [0.15, 0.2) is 11.0 Å². The number of amidine groups is 2. The number of carbonyl (C=O) groups is 1. The average molecular weight is 386 g/mol. The number of hydrazone groups is 1. The molecule has 2 aliphatic heterocycles. The van der Waals surface area contributed by atoms with E-state index in [1.807, 2.05) is 29.0 Å². The summed E-state index contributed by atoms with van der Waals surface area (Å²) in [6, 6.07) is 9.09. The highest BCUT2D eigenvalue weighted by atomic mass is 35.5. The molecule has 2 aliphatic rings. The molecule has 0 bridgehead atoms. The first-order valence-corrected chi connectivity index (χ1v) is 8.78. The number of rotatable bonds is 3. The zero-order valence-corrected chi connectivity index (χ0v) is 15.1. The van der Waals surface area contributed by atoms with Crippen molar-refractivity contribution in [2.24, 2.45) is 10.1 Å². The van der Waals surface area contributed by atoms with E-state index in [4.69, 9.17) is 21.7 Å². The molecular weight excluding hydrogens is 374 g/mol. The van der Waals surface area contributed by atoms with E-state index >= 15 is 0 Å². The number of fused-ring (bicyclic) bond motifs is 1. The Balaban J connectivity index is 1.75. The standard InChI is InChI=1S/C17H12ClN5O2S/c1-25-14-5-4-11(8-13(14)18)22-6-2-3-10(22)7-12-15(19)23-17(21-16(12)24)26-9-20-23/h2-9,19H,1H3/b12-7+,19-15?. The fourth-order valence-corrected chi connectivity index (χ4v) is 3.50. The molecule has 26 heavy (non-hydrogen) atoms. The molecule has 2 aromatic rings. The van der Waals surface area contributed by atoms with Crippen LogP contribution in [0.5, 0.6) is 5.75 Å². The highest BCUT2D eigenvalue weighted by molar-refractivity contribution is 8.25. The number of aliphatic imine (C=N–C) groups is 1. The molecule has 0 radical (unpaired) electrons. The first kappa shape index (κ1) is 16.6. The number of aromatic nitrogens is 1. The Morgan fingerprint density at radius 3 is 2.96 bits per heavy atom. The second-order valence-corrected chi connectivity index (χ2v) is 6.60. The average Bonchev–Trinajstić information content (AvgIpc) is 3.27. The number of hydrogen-bond donors (Lipinski definition) is 1. The number of hydrogen-bond acceptors (Lipinski definition) is 5. The lowest BCUT2D eigenvalue weighted by atomic mass is 10.1. The molecule has 0 unspecified atom stereocenters. The van der Waals surface area contributed by atoms with Crippen LogP contribution in [-0.4, -0.2) is 39.1 Å². The lowest BCUT2D eigenvalue weighted by Crippen LogP contribution is -2.35. The van der Waals surface area contributed by atoms with Crippen molar-refractivity contribution in [3.8, 4) is 11.4 Å². The minimum absolute atomic E-state index is 0.00163. The monoisotopic (exact) mass is 385 g/mol. The fourth-order valence-electron chi connectivity index (χ4n) is 2.64. The van der Waals surface area contributed by atoms with Crippen LogP contribution in [0.15, 0.2) is 52.2 Å². The van der Waals surface area contributed by atoms with Crippen LogP contribution in [0, 0.1) is 5.41 Å². The van der Waals surface area contributed by atoms with Crippen LogP contribution in [0.2, 0.25) is 5.02 Å². The van der Waals surface area contributed by atoms with Gasteiger partial charge in [0.2, 0.25) is 0 Å². The van der Waals surface area contributed by atoms with Gasteiger partial charge in [0.05, 0.1) is 23.3 Å². The molecule has 1 amide bonds. The molecule has 3 heterocycles. The van der Waals surface area contributed by atoms with Crippen LogP contribution in [-0.2, 0) is 4.79 Å². The molecule has 9 heteroatoms. The lowest BCUT2D eigenvalue weighted by Gasteiger charge is -2.20. The summed E-state index contributed by atoms with van der Waals surface area (Å²) in [6.07, 6.45) is 3.47. The van der Waals surface area contributed by atoms with Gasteiger partial charge in [-0.25, -0.2) is 0 Å². The molecule has 0 saturated heterocycles. The number of thioether (sulfide) groups is 1. The molecule has 1 aromatic carbocycles. The molecule has 0 saturated carbocycles. The molecule has 7 nitrogen and oxygen atoms in total. The number of methoxy groups -OCH3 is 1. The number of ether oxygens (including phenoxy) is 1. The third-order valence-corrected chi connectivity index (χ3v) is 4.85. The second kappa shape index (κ2) is 6.47. The number of benzene rings is 1. The van der Waals surface area contributed by atoms with Crippen LogP contribution in [0.3, 0.4) is 0 Å². The zero-order valence-electron chi connectivity index (χ0n) is 13.5. The summed E-state index contributed by atoms with van der Waals surface area (Å²) < 4.78 is 7.04. The third kappa shape index (κ3) is 2.73. The quantitative estimate of drug-likeness (QED) is 0.821. The summed E-state index contributed by atoms with van der Waals surface area (Å²) in [5.41, 5.74) is 3.24. The van der Waals surface area contributed by atoms with Crippen molar-refractivity contribution in [3.05, 3.63) is 52.8 Å². The van der Waals surface area contributed by atoms with Crippen molar-refractivity contribution >= 4 is 51.9 Å². The Hall–Kier alpha value is -2.84. The fraction of sp³-hybridized carbons (Fsp3) is 0.0588. The molecule has 1 N–H and O–H groups in total.